The highest BCUT2D eigenvalue weighted by Crippen LogP contribution is 2.11. The summed E-state index contributed by atoms with van der Waals surface area (Å²) in [4.78, 5) is 4.92. The molecule has 3 atom stereocenters. The van der Waals surface area contributed by atoms with Crippen LogP contribution in [0.2, 0.25) is 0 Å². The Labute approximate surface area is 93.0 Å². The maximum absolute atomic E-state index is 3.72. The molecule has 4 heteroatoms. The van der Waals surface area contributed by atoms with Crippen molar-refractivity contribution in [1.29, 1.82) is 0 Å². The predicted octanol–water partition coefficient (Wildman–Crippen LogP) is -0.818. The molecule has 88 valence electrons. The minimum atomic E-state index is 0.608. The Kier molecular flexibility index (Phi) is 3.61. The van der Waals surface area contributed by atoms with Crippen molar-refractivity contribution < 1.29 is 0 Å². The zero-order valence-electron chi connectivity index (χ0n) is 10.2. The Bertz CT molecular complexity index is 199. The Morgan fingerprint density at radius 2 is 2.00 bits per heavy atom. The van der Waals surface area contributed by atoms with Gasteiger partial charge in [-0.3, -0.25) is 4.90 Å². The first kappa shape index (κ1) is 11.3. The fourth-order valence-electron chi connectivity index (χ4n) is 2.86. The van der Waals surface area contributed by atoms with Crippen LogP contribution < -0.4 is 10.6 Å². The summed E-state index contributed by atoms with van der Waals surface area (Å²) in [5.41, 5.74) is 0. The van der Waals surface area contributed by atoms with E-state index in [2.05, 4.69) is 41.5 Å². The third kappa shape index (κ3) is 2.69. The van der Waals surface area contributed by atoms with Crippen LogP contribution in [0.4, 0.5) is 0 Å². The minimum absolute atomic E-state index is 0.608. The molecule has 0 bridgehead atoms. The highest BCUT2D eigenvalue weighted by atomic mass is 15.3. The molecular weight excluding hydrogens is 188 g/mol. The molecule has 0 aromatic carbocycles. The van der Waals surface area contributed by atoms with E-state index in [0.29, 0.717) is 18.1 Å². The summed E-state index contributed by atoms with van der Waals surface area (Å²) in [7, 11) is 4.47. The van der Waals surface area contributed by atoms with Crippen molar-refractivity contribution >= 4 is 0 Å². The molecule has 2 fully saturated rings. The van der Waals surface area contributed by atoms with Crippen LogP contribution in [0.5, 0.6) is 0 Å². The maximum Gasteiger partial charge on any atom is 0.0384 e. The molecule has 2 heterocycles. The van der Waals surface area contributed by atoms with Gasteiger partial charge >= 0.3 is 0 Å². The highest BCUT2D eigenvalue weighted by Gasteiger charge is 2.31. The van der Waals surface area contributed by atoms with E-state index < -0.39 is 0 Å². The predicted molar refractivity (Wildman–Crippen MR) is 63.2 cm³/mol. The van der Waals surface area contributed by atoms with Gasteiger partial charge < -0.3 is 15.5 Å². The van der Waals surface area contributed by atoms with Crippen LogP contribution in [-0.4, -0.2) is 74.7 Å². The minimum Gasteiger partial charge on any atom is -0.314 e. The second kappa shape index (κ2) is 4.78. The Balaban J connectivity index is 1.95. The van der Waals surface area contributed by atoms with Gasteiger partial charge in [-0.25, -0.2) is 0 Å². The van der Waals surface area contributed by atoms with E-state index in [1.807, 2.05) is 0 Å². The molecule has 2 saturated heterocycles. The Morgan fingerprint density at radius 3 is 2.67 bits per heavy atom. The summed E-state index contributed by atoms with van der Waals surface area (Å²) in [6, 6.07) is 1.87. The lowest BCUT2D eigenvalue weighted by atomic mass is 10.0. The normalized spacial score (nSPS) is 40.6. The molecule has 0 aromatic rings. The largest absolute Gasteiger partial charge is 0.314 e. The molecule has 0 amide bonds. The third-order valence-corrected chi connectivity index (χ3v) is 3.62. The summed E-state index contributed by atoms with van der Waals surface area (Å²) >= 11 is 0. The van der Waals surface area contributed by atoms with Crippen LogP contribution >= 0.6 is 0 Å². The molecule has 0 saturated carbocycles. The molecule has 0 radical (unpaired) electrons. The van der Waals surface area contributed by atoms with Gasteiger partial charge in [-0.2, -0.15) is 0 Å². The average molecular weight is 212 g/mol. The van der Waals surface area contributed by atoms with E-state index in [0.717, 1.165) is 13.1 Å². The van der Waals surface area contributed by atoms with E-state index in [9.17, 15) is 0 Å². The van der Waals surface area contributed by atoms with Gasteiger partial charge in [0.25, 0.3) is 0 Å². The van der Waals surface area contributed by atoms with Crippen molar-refractivity contribution in [3.63, 3.8) is 0 Å². The molecule has 0 spiro atoms. The van der Waals surface area contributed by atoms with Gasteiger partial charge in [0.2, 0.25) is 0 Å². The molecule has 4 nitrogen and oxygen atoms in total. The number of hydrogen-bond acceptors (Lipinski definition) is 4. The molecule has 2 aliphatic heterocycles. The summed E-state index contributed by atoms with van der Waals surface area (Å²) in [6.45, 7) is 8.03. The SMILES string of the molecule is CC1CN(C)CC(C2CNCCN2C)N1. The maximum atomic E-state index is 3.72. The number of hydrogen-bond donors (Lipinski definition) is 2. The molecule has 15 heavy (non-hydrogen) atoms. The van der Waals surface area contributed by atoms with E-state index in [4.69, 9.17) is 0 Å². The highest BCUT2D eigenvalue weighted by molar-refractivity contribution is 4.94. The van der Waals surface area contributed by atoms with Crippen LogP contribution in [0.15, 0.2) is 0 Å². The van der Waals surface area contributed by atoms with Crippen LogP contribution in [0.25, 0.3) is 0 Å². The first-order valence-electron chi connectivity index (χ1n) is 6.02. The fraction of sp³-hybridized carbons (Fsp3) is 1.00. The zero-order valence-corrected chi connectivity index (χ0v) is 10.2. The Hall–Kier alpha value is -0.160. The molecule has 0 aromatic heterocycles. The molecule has 0 aliphatic carbocycles. The van der Waals surface area contributed by atoms with E-state index in [1.165, 1.54) is 19.6 Å². The van der Waals surface area contributed by atoms with Crippen molar-refractivity contribution in [2.75, 3.05) is 46.8 Å². The average Bonchev–Trinajstić information content (AvgIpc) is 2.16. The van der Waals surface area contributed by atoms with Gasteiger partial charge in [0, 0.05) is 50.8 Å². The molecular formula is C11H24N4. The standard InChI is InChI=1S/C11H24N4/c1-9-7-14(2)8-10(13-9)11-6-12-4-5-15(11)3/h9-13H,4-8H2,1-3H3. The van der Waals surface area contributed by atoms with Gasteiger partial charge in [0.15, 0.2) is 0 Å². The van der Waals surface area contributed by atoms with Crippen molar-refractivity contribution in [2.24, 2.45) is 0 Å². The third-order valence-electron chi connectivity index (χ3n) is 3.62. The van der Waals surface area contributed by atoms with Gasteiger partial charge in [-0.05, 0) is 21.0 Å². The topological polar surface area (TPSA) is 30.5 Å². The van der Waals surface area contributed by atoms with E-state index in [-0.39, 0.29) is 0 Å². The van der Waals surface area contributed by atoms with Crippen molar-refractivity contribution in [2.45, 2.75) is 25.0 Å². The van der Waals surface area contributed by atoms with E-state index >= 15 is 0 Å². The monoisotopic (exact) mass is 212 g/mol. The Morgan fingerprint density at radius 1 is 1.20 bits per heavy atom. The lowest BCUT2D eigenvalue weighted by molar-refractivity contribution is 0.100. The van der Waals surface area contributed by atoms with Crippen LogP contribution in [-0.2, 0) is 0 Å². The first-order chi connectivity index (χ1) is 7.16. The summed E-state index contributed by atoms with van der Waals surface area (Å²) in [5, 5.41) is 7.22. The van der Waals surface area contributed by atoms with Gasteiger partial charge in [-0.1, -0.05) is 0 Å². The van der Waals surface area contributed by atoms with Crippen molar-refractivity contribution in [3.05, 3.63) is 0 Å². The second-order valence-electron chi connectivity index (χ2n) is 5.15. The van der Waals surface area contributed by atoms with Gasteiger partial charge in [-0.15, -0.1) is 0 Å². The summed E-state index contributed by atoms with van der Waals surface area (Å²) in [5.74, 6) is 0. The smallest absolute Gasteiger partial charge is 0.0384 e. The second-order valence-corrected chi connectivity index (χ2v) is 5.15. The lowest BCUT2D eigenvalue weighted by Crippen LogP contribution is -2.65. The van der Waals surface area contributed by atoms with Gasteiger partial charge in [0.05, 0.1) is 0 Å². The van der Waals surface area contributed by atoms with E-state index in [1.54, 1.807) is 0 Å². The fourth-order valence-corrected chi connectivity index (χ4v) is 2.86. The summed E-state index contributed by atoms with van der Waals surface area (Å²) in [6.07, 6.45) is 0. The number of nitrogens with zero attached hydrogens (tertiary/aromatic N) is 2. The van der Waals surface area contributed by atoms with Crippen LogP contribution in [0.3, 0.4) is 0 Å². The molecule has 2 rings (SSSR count). The first-order valence-corrected chi connectivity index (χ1v) is 6.02. The molecule has 3 unspecified atom stereocenters. The van der Waals surface area contributed by atoms with Crippen molar-refractivity contribution in [1.82, 2.24) is 20.4 Å². The zero-order chi connectivity index (χ0) is 10.8. The van der Waals surface area contributed by atoms with Gasteiger partial charge in [0.1, 0.15) is 0 Å². The van der Waals surface area contributed by atoms with Crippen LogP contribution in [0.1, 0.15) is 6.92 Å². The number of piperazine rings is 2. The lowest BCUT2D eigenvalue weighted by Gasteiger charge is -2.44. The molecule has 2 aliphatic rings. The summed E-state index contributed by atoms with van der Waals surface area (Å²) < 4.78 is 0. The number of likely N-dealkylation sites (N-methyl/N-ethyl adjacent to an activating group) is 2. The van der Waals surface area contributed by atoms with Crippen LogP contribution in [0, 0.1) is 0 Å². The number of nitrogens with one attached hydrogen (secondary N) is 2. The molecule has 2 N–H and O–H groups in total. The quantitative estimate of drug-likeness (QED) is 0.595. The number of rotatable bonds is 1. The van der Waals surface area contributed by atoms with Crippen molar-refractivity contribution in [3.8, 4) is 0 Å².